The van der Waals surface area contributed by atoms with Gasteiger partial charge in [-0.25, -0.2) is 4.79 Å². The molecule has 0 fully saturated rings. The highest BCUT2D eigenvalue weighted by molar-refractivity contribution is 14.1. The van der Waals surface area contributed by atoms with Crippen LogP contribution in [0.4, 0.5) is 4.79 Å². The van der Waals surface area contributed by atoms with Crippen LogP contribution in [0.2, 0.25) is 0 Å². The van der Waals surface area contributed by atoms with Gasteiger partial charge in [-0.3, -0.25) is 10.1 Å². The van der Waals surface area contributed by atoms with Crippen LogP contribution in [0.3, 0.4) is 0 Å². The number of rotatable bonds is 2. The van der Waals surface area contributed by atoms with Crippen molar-refractivity contribution in [3.8, 4) is 11.8 Å². The van der Waals surface area contributed by atoms with Crippen LogP contribution >= 0.6 is 22.6 Å². The lowest BCUT2D eigenvalue weighted by Crippen LogP contribution is -2.34. The first-order chi connectivity index (χ1) is 7.72. The topological polar surface area (TPSA) is 55.4 Å². The van der Waals surface area contributed by atoms with Crippen molar-refractivity contribution in [1.82, 2.24) is 5.32 Å². The lowest BCUT2D eigenvalue weighted by Gasteiger charge is -2.13. The lowest BCUT2D eigenvalue weighted by molar-refractivity contribution is -0.117. The summed E-state index contributed by atoms with van der Waals surface area (Å²) < 4.78 is 5.29. The Labute approximate surface area is 109 Å². The highest BCUT2D eigenvalue weighted by Crippen LogP contribution is 2.10. The Kier molecular flexibility index (Phi) is 6.23. The number of nitrogens with one attached hydrogen (secondary N) is 1. The minimum Gasteiger partial charge on any atom is -0.433 e. The summed E-state index contributed by atoms with van der Waals surface area (Å²) in [5.74, 6) is 5.52. The second-order valence-corrected chi connectivity index (χ2v) is 4.26. The minimum absolute atomic E-state index is 0.239. The zero-order chi connectivity index (χ0) is 11.8. The highest BCUT2D eigenvalue weighted by Gasteiger charge is 2.14. The summed E-state index contributed by atoms with van der Waals surface area (Å²) >= 11 is 1.88. The third-order valence-electron chi connectivity index (χ3n) is 2.14. The smallest absolute Gasteiger partial charge is 0.415 e. The van der Waals surface area contributed by atoms with E-state index >= 15 is 0 Å². The van der Waals surface area contributed by atoms with Crippen molar-refractivity contribution in [2.24, 2.45) is 0 Å². The SMILES string of the molecule is O=C(CI)NC(=O)OC1C#CCCCCC1. The second kappa shape index (κ2) is 7.49. The van der Waals surface area contributed by atoms with Crippen molar-refractivity contribution in [3.63, 3.8) is 0 Å². The molecule has 0 radical (unpaired) electrons. The largest absolute Gasteiger partial charge is 0.433 e. The summed E-state index contributed by atoms with van der Waals surface area (Å²) in [7, 11) is 0. The van der Waals surface area contributed by atoms with Crippen LogP contribution < -0.4 is 5.32 Å². The number of alkyl carbamates (subject to hydrolysis) is 1. The third-order valence-corrected chi connectivity index (χ3v) is 2.84. The maximum absolute atomic E-state index is 11.3. The Hall–Kier alpha value is -0.770. The Morgan fingerprint density at radius 1 is 1.38 bits per heavy atom. The molecule has 16 heavy (non-hydrogen) atoms. The second-order valence-electron chi connectivity index (χ2n) is 3.50. The van der Waals surface area contributed by atoms with E-state index in [4.69, 9.17) is 4.74 Å². The maximum Gasteiger partial charge on any atom is 0.415 e. The molecule has 4 nitrogen and oxygen atoms in total. The summed E-state index contributed by atoms with van der Waals surface area (Å²) in [6, 6.07) is 0. The Morgan fingerprint density at radius 2 is 2.19 bits per heavy atom. The van der Waals surface area contributed by atoms with Crippen molar-refractivity contribution in [2.75, 3.05) is 4.43 Å². The predicted octanol–water partition coefficient (Wildman–Crippen LogP) is 2.01. The number of ether oxygens (including phenoxy) is 1. The summed E-state index contributed by atoms with van der Waals surface area (Å²) in [4.78, 5) is 22.2. The summed E-state index contributed by atoms with van der Waals surface area (Å²) in [6.45, 7) is 0. The fourth-order valence-corrected chi connectivity index (χ4v) is 1.56. The Balaban J connectivity index is 2.39. The number of hydrogen-bond acceptors (Lipinski definition) is 3. The molecule has 0 saturated carbocycles. The van der Waals surface area contributed by atoms with Crippen molar-refractivity contribution in [3.05, 3.63) is 0 Å². The van der Waals surface area contributed by atoms with Crippen molar-refractivity contribution in [2.45, 2.75) is 38.2 Å². The first-order valence-electron chi connectivity index (χ1n) is 5.27. The average molecular weight is 335 g/mol. The summed E-state index contributed by atoms with van der Waals surface area (Å²) in [6.07, 6.45) is 3.77. The molecule has 1 N–H and O–H groups in total. The van der Waals surface area contributed by atoms with E-state index in [1.807, 2.05) is 22.6 Å². The van der Waals surface area contributed by atoms with E-state index < -0.39 is 6.09 Å². The van der Waals surface area contributed by atoms with E-state index in [0.717, 1.165) is 32.1 Å². The van der Waals surface area contributed by atoms with Gasteiger partial charge in [-0.1, -0.05) is 40.9 Å². The van der Waals surface area contributed by atoms with Crippen molar-refractivity contribution < 1.29 is 14.3 Å². The van der Waals surface area contributed by atoms with Gasteiger partial charge in [-0.2, -0.15) is 0 Å². The van der Waals surface area contributed by atoms with Gasteiger partial charge in [0.1, 0.15) is 0 Å². The lowest BCUT2D eigenvalue weighted by atomic mass is 10.1. The molecule has 0 aromatic heterocycles. The predicted molar refractivity (Wildman–Crippen MR) is 68.2 cm³/mol. The highest BCUT2D eigenvalue weighted by atomic mass is 127. The molecule has 5 heteroatoms. The Bertz CT molecular complexity index is 319. The quantitative estimate of drug-likeness (QED) is 0.477. The van der Waals surface area contributed by atoms with E-state index in [9.17, 15) is 9.59 Å². The van der Waals surface area contributed by atoms with Crippen LogP contribution in [0, 0.1) is 11.8 Å². The molecule has 1 aliphatic rings. The molecule has 0 saturated heterocycles. The molecule has 88 valence electrons. The van der Waals surface area contributed by atoms with Crippen LogP contribution in [-0.4, -0.2) is 22.5 Å². The Morgan fingerprint density at radius 3 is 2.94 bits per heavy atom. The van der Waals surface area contributed by atoms with Crippen LogP contribution in [0.15, 0.2) is 0 Å². The van der Waals surface area contributed by atoms with E-state index in [1.54, 1.807) is 0 Å². The number of amides is 2. The first-order valence-corrected chi connectivity index (χ1v) is 6.79. The third kappa shape index (κ3) is 5.35. The molecular formula is C11H14INO3. The fraction of sp³-hybridized carbons (Fsp3) is 0.636. The van der Waals surface area contributed by atoms with Gasteiger partial charge in [0, 0.05) is 6.42 Å². The van der Waals surface area contributed by atoms with E-state index in [1.165, 1.54) is 0 Å². The number of halogens is 1. The van der Waals surface area contributed by atoms with E-state index in [0.29, 0.717) is 0 Å². The van der Waals surface area contributed by atoms with Gasteiger partial charge >= 0.3 is 6.09 Å². The van der Waals surface area contributed by atoms with Gasteiger partial charge in [0.25, 0.3) is 0 Å². The molecule has 0 spiro atoms. The van der Waals surface area contributed by atoms with Crippen LogP contribution in [0.1, 0.15) is 32.1 Å². The molecule has 1 unspecified atom stereocenters. The van der Waals surface area contributed by atoms with Crippen LogP contribution in [-0.2, 0) is 9.53 Å². The molecule has 0 heterocycles. The van der Waals surface area contributed by atoms with Gasteiger partial charge in [0.2, 0.25) is 5.91 Å². The van der Waals surface area contributed by atoms with Crippen molar-refractivity contribution in [1.29, 1.82) is 0 Å². The molecule has 0 aromatic rings. The van der Waals surface area contributed by atoms with Crippen LogP contribution in [0.25, 0.3) is 0 Å². The van der Waals surface area contributed by atoms with Gasteiger partial charge in [0.15, 0.2) is 6.10 Å². The zero-order valence-electron chi connectivity index (χ0n) is 8.92. The molecule has 1 rings (SSSR count). The molecule has 1 atom stereocenters. The molecular weight excluding hydrogens is 321 g/mol. The van der Waals surface area contributed by atoms with E-state index in [2.05, 4.69) is 17.2 Å². The van der Waals surface area contributed by atoms with Gasteiger partial charge < -0.3 is 4.74 Å². The van der Waals surface area contributed by atoms with E-state index in [-0.39, 0.29) is 16.4 Å². The molecule has 0 aliphatic heterocycles. The molecule has 0 aromatic carbocycles. The summed E-state index contributed by atoms with van der Waals surface area (Å²) in [5.41, 5.74) is 0. The van der Waals surface area contributed by atoms with Crippen molar-refractivity contribution >= 4 is 34.6 Å². The standard InChI is InChI=1S/C11H14INO3/c12-8-10(14)13-11(15)16-9-6-4-2-1-3-5-7-9/h9H,1-4,6,8H2,(H,13,14,15). The average Bonchev–Trinajstić information content (AvgIpc) is 2.21. The maximum atomic E-state index is 11.3. The number of carbonyl (C=O) groups excluding carboxylic acids is 2. The van der Waals surface area contributed by atoms with Gasteiger partial charge in [-0.05, 0) is 19.3 Å². The number of hydrogen-bond donors (Lipinski definition) is 1. The first kappa shape index (κ1) is 13.3. The fourth-order valence-electron chi connectivity index (χ4n) is 1.37. The van der Waals surface area contributed by atoms with Gasteiger partial charge in [-0.15, -0.1) is 0 Å². The number of carbonyl (C=O) groups is 2. The number of imide groups is 1. The molecule has 2 amide bonds. The monoisotopic (exact) mass is 335 g/mol. The molecule has 1 aliphatic carbocycles. The normalized spacial score (nSPS) is 19.7. The van der Waals surface area contributed by atoms with Crippen LogP contribution in [0.5, 0.6) is 0 Å². The minimum atomic E-state index is -0.693. The van der Waals surface area contributed by atoms with Gasteiger partial charge in [0.05, 0.1) is 4.43 Å². The summed E-state index contributed by atoms with van der Waals surface area (Å²) in [5, 5.41) is 2.14. The zero-order valence-corrected chi connectivity index (χ0v) is 11.1. The number of alkyl halides is 1. The molecule has 0 bridgehead atoms.